The number of guanidine groups is 1. The van der Waals surface area contributed by atoms with Gasteiger partial charge in [-0.1, -0.05) is 35.9 Å². The number of hydrogen-bond acceptors (Lipinski definition) is 2. The second kappa shape index (κ2) is 9.78. The molecule has 2 N–H and O–H groups in total. The summed E-state index contributed by atoms with van der Waals surface area (Å²) in [6, 6.07) is 15.9. The van der Waals surface area contributed by atoms with Crippen molar-refractivity contribution >= 4 is 52.6 Å². The third-order valence-electron chi connectivity index (χ3n) is 3.99. The molecule has 1 aromatic heterocycles. The maximum absolute atomic E-state index is 5.94. The number of rotatable bonds is 5. The van der Waals surface area contributed by atoms with Crippen LogP contribution < -0.4 is 5.32 Å². The lowest BCUT2D eigenvalue weighted by Crippen LogP contribution is -2.39. The zero-order valence-corrected chi connectivity index (χ0v) is 18.0. The molecule has 0 amide bonds. The molecule has 0 unspecified atom stereocenters. The van der Waals surface area contributed by atoms with Gasteiger partial charge < -0.3 is 15.2 Å². The number of para-hydroxylation sites is 2. The zero-order chi connectivity index (χ0) is 17.6. The highest BCUT2D eigenvalue weighted by Gasteiger charge is 2.07. The van der Waals surface area contributed by atoms with Gasteiger partial charge in [-0.05, 0) is 29.8 Å². The van der Waals surface area contributed by atoms with E-state index in [1.807, 2.05) is 55.6 Å². The number of fused-ring (bicyclic) bond motifs is 1. The molecule has 0 fully saturated rings. The van der Waals surface area contributed by atoms with Crippen LogP contribution in [0.3, 0.4) is 0 Å². The van der Waals surface area contributed by atoms with E-state index in [9.17, 15) is 0 Å². The monoisotopic (exact) mass is 483 g/mol. The lowest BCUT2D eigenvalue weighted by molar-refractivity contribution is 0.477. The van der Waals surface area contributed by atoms with E-state index in [4.69, 9.17) is 11.6 Å². The van der Waals surface area contributed by atoms with Crippen LogP contribution in [0.5, 0.6) is 0 Å². The van der Waals surface area contributed by atoms with E-state index in [0.29, 0.717) is 0 Å². The lowest BCUT2D eigenvalue weighted by atomic mass is 10.2. The molecule has 1 heterocycles. The first-order chi connectivity index (χ1) is 12.2. The van der Waals surface area contributed by atoms with Crippen LogP contribution in [0.2, 0.25) is 5.02 Å². The van der Waals surface area contributed by atoms with Crippen LogP contribution in [-0.4, -0.2) is 41.5 Å². The fraction of sp³-hybridized carbons (Fsp3) is 0.263. The van der Waals surface area contributed by atoms with E-state index >= 15 is 0 Å². The summed E-state index contributed by atoms with van der Waals surface area (Å²) < 4.78 is 0. The van der Waals surface area contributed by atoms with Crippen molar-refractivity contribution in [2.24, 2.45) is 4.99 Å². The summed E-state index contributed by atoms with van der Waals surface area (Å²) in [5.41, 5.74) is 3.26. The SMILES string of the molecule is CN=C(NCCc1nc2ccccc2[nH]1)N(C)Cc1ccc(Cl)cc1.I. The smallest absolute Gasteiger partial charge is 0.193 e. The van der Waals surface area contributed by atoms with Crippen molar-refractivity contribution in [1.29, 1.82) is 0 Å². The predicted molar refractivity (Wildman–Crippen MR) is 119 cm³/mol. The Kier molecular flexibility index (Phi) is 7.71. The molecule has 0 aliphatic heterocycles. The van der Waals surface area contributed by atoms with Gasteiger partial charge in [-0.2, -0.15) is 0 Å². The highest BCUT2D eigenvalue weighted by Crippen LogP contribution is 2.12. The molecule has 0 radical (unpaired) electrons. The summed E-state index contributed by atoms with van der Waals surface area (Å²) in [5.74, 6) is 1.83. The van der Waals surface area contributed by atoms with Gasteiger partial charge in [0.15, 0.2) is 5.96 Å². The van der Waals surface area contributed by atoms with Gasteiger partial charge in [0.05, 0.1) is 11.0 Å². The Morgan fingerprint density at radius 1 is 1.19 bits per heavy atom. The minimum Gasteiger partial charge on any atom is -0.356 e. The van der Waals surface area contributed by atoms with Crippen LogP contribution in [0.4, 0.5) is 0 Å². The number of aliphatic imine (C=N–C) groups is 1. The Labute approximate surface area is 175 Å². The number of hydrogen-bond donors (Lipinski definition) is 2. The van der Waals surface area contributed by atoms with Crippen LogP contribution >= 0.6 is 35.6 Å². The van der Waals surface area contributed by atoms with Crippen molar-refractivity contribution in [3.63, 3.8) is 0 Å². The van der Waals surface area contributed by atoms with Crippen LogP contribution in [0.1, 0.15) is 11.4 Å². The Hall–Kier alpha value is -1.80. The van der Waals surface area contributed by atoms with Crippen LogP contribution in [-0.2, 0) is 13.0 Å². The quantitative estimate of drug-likeness (QED) is 0.327. The van der Waals surface area contributed by atoms with Crippen molar-refractivity contribution in [2.45, 2.75) is 13.0 Å². The maximum Gasteiger partial charge on any atom is 0.193 e. The zero-order valence-electron chi connectivity index (χ0n) is 14.9. The van der Waals surface area contributed by atoms with E-state index in [2.05, 4.69) is 25.2 Å². The minimum absolute atomic E-state index is 0. The second-order valence-electron chi connectivity index (χ2n) is 5.91. The average molecular weight is 484 g/mol. The van der Waals surface area contributed by atoms with Gasteiger partial charge in [-0.3, -0.25) is 4.99 Å². The van der Waals surface area contributed by atoms with E-state index in [-0.39, 0.29) is 24.0 Å². The highest BCUT2D eigenvalue weighted by atomic mass is 127. The number of imidazole rings is 1. The predicted octanol–water partition coefficient (Wildman–Crippen LogP) is 4.08. The molecule has 138 valence electrons. The molecule has 26 heavy (non-hydrogen) atoms. The normalized spacial score (nSPS) is 11.3. The fourth-order valence-electron chi connectivity index (χ4n) is 2.74. The van der Waals surface area contributed by atoms with Gasteiger partial charge in [0.2, 0.25) is 0 Å². The number of aromatic nitrogens is 2. The Morgan fingerprint density at radius 3 is 2.62 bits per heavy atom. The molecule has 3 rings (SSSR count). The first-order valence-electron chi connectivity index (χ1n) is 8.25. The molecule has 5 nitrogen and oxygen atoms in total. The number of benzene rings is 2. The third-order valence-corrected chi connectivity index (χ3v) is 4.24. The molecule has 0 spiro atoms. The standard InChI is InChI=1S/C19H22ClN5.HI/c1-21-19(25(2)13-14-7-9-15(20)10-8-14)22-12-11-18-23-16-5-3-4-6-17(16)24-18;/h3-10H,11-13H2,1-2H3,(H,21,22)(H,23,24);1H. The fourth-order valence-corrected chi connectivity index (χ4v) is 2.87. The first-order valence-corrected chi connectivity index (χ1v) is 8.63. The van der Waals surface area contributed by atoms with Gasteiger partial charge in [0.25, 0.3) is 0 Å². The lowest BCUT2D eigenvalue weighted by Gasteiger charge is -2.22. The molecule has 0 aliphatic rings. The number of H-pyrrole nitrogens is 1. The van der Waals surface area contributed by atoms with Gasteiger partial charge in [-0.25, -0.2) is 4.98 Å². The molecule has 2 aromatic carbocycles. The van der Waals surface area contributed by atoms with Crippen molar-refractivity contribution in [1.82, 2.24) is 20.2 Å². The van der Waals surface area contributed by atoms with E-state index in [1.165, 1.54) is 5.56 Å². The largest absolute Gasteiger partial charge is 0.356 e. The van der Waals surface area contributed by atoms with Crippen molar-refractivity contribution in [2.75, 3.05) is 20.6 Å². The summed E-state index contributed by atoms with van der Waals surface area (Å²) in [5, 5.41) is 4.13. The molecular weight excluding hydrogens is 461 g/mol. The molecular formula is C19H23ClIN5. The Morgan fingerprint density at radius 2 is 1.92 bits per heavy atom. The van der Waals surface area contributed by atoms with Gasteiger partial charge in [-0.15, -0.1) is 24.0 Å². The van der Waals surface area contributed by atoms with Gasteiger partial charge >= 0.3 is 0 Å². The Bertz CT molecular complexity index is 827. The molecule has 0 bridgehead atoms. The number of aromatic amines is 1. The molecule has 0 atom stereocenters. The summed E-state index contributed by atoms with van der Waals surface area (Å²) in [6.07, 6.45) is 0.808. The molecule has 3 aromatic rings. The van der Waals surface area contributed by atoms with E-state index < -0.39 is 0 Å². The van der Waals surface area contributed by atoms with Crippen LogP contribution in [0.15, 0.2) is 53.5 Å². The van der Waals surface area contributed by atoms with Crippen molar-refractivity contribution < 1.29 is 0 Å². The number of nitrogens with zero attached hydrogens (tertiary/aromatic N) is 3. The number of nitrogens with one attached hydrogen (secondary N) is 2. The van der Waals surface area contributed by atoms with Crippen molar-refractivity contribution in [3.05, 3.63) is 64.9 Å². The molecule has 0 aliphatic carbocycles. The highest BCUT2D eigenvalue weighted by molar-refractivity contribution is 14.0. The van der Waals surface area contributed by atoms with Crippen molar-refractivity contribution in [3.8, 4) is 0 Å². The summed E-state index contributed by atoms with van der Waals surface area (Å²) >= 11 is 5.94. The minimum atomic E-state index is 0. The first kappa shape index (κ1) is 20.5. The summed E-state index contributed by atoms with van der Waals surface area (Å²) in [6.45, 7) is 1.53. The topological polar surface area (TPSA) is 56.3 Å². The molecule has 0 saturated carbocycles. The van der Waals surface area contributed by atoms with Gasteiger partial charge in [0, 0.05) is 38.6 Å². The summed E-state index contributed by atoms with van der Waals surface area (Å²) in [7, 11) is 3.81. The van der Waals surface area contributed by atoms with E-state index in [1.54, 1.807) is 7.05 Å². The average Bonchev–Trinajstić information content (AvgIpc) is 3.03. The van der Waals surface area contributed by atoms with Crippen LogP contribution in [0, 0.1) is 0 Å². The van der Waals surface area contributed by atoms with E-state index in [0.717, 1.165) is 47.4 Å². The third kappa shape index (κ3) is 5.35. The maximum atomic E-state index is 5.94. The summed E-state index contributed by atoms with van der Waals surface area (Å²) in [4.78, 5) is 14.4. The molecule has 0 saturated heterocycles. The molecule has 7 heteroatoms. The second-order valence-corrected chi connectivity index (χ2v) is 6.34. The number of halogens is 2. The Balaban J connectivity index is 0.00000243. The van der Waals surface area contributed by atoms with Gasteiger partial charge in [0.1, 0.15) is 5.82 Å². The van der Waals surface area contributed by atoms with Crippen LogP contribution in [0.25, 0.3) is 11.0 Å².